The number of carboxylic acid groups (broad SMARTS) is 1. The van der Waals surface area contributed by atoms with Gasteiger partial charge in [-0.1, -0.05) is 0 Å². The van der Waals surface area contributed by atoms with Crippen LogP contribution in [0.1, 0.15) is 19.3 Å². The van der Waals surface area contributed by atoms with Gasteiger partial charge in [0.2, 0.25) is 0 Å². The van der Waals surface area contributed by atoms with E-state index in [1.165, 1.54) is 19.5 Å². The summed E-state index contributed by atoms with van der Waals surface area (Å²) in [6.45, 7) is 3.44. The summed E-state index contributed by atoms with van der Waals surface area (Å²) in [5.74, 6) is 1.27. The van der Waals surface area contributed by atoms with Crippen LogP contribution in [0, 0.1) is 11.8 Å². The third-order valence-electron chi connectivity index (χ3n) is 2.92. The van der Waals surface area contributed by atoms with Crippen LogP contribution in [0.4, 0.5) is 0 Å². The van der Waals surface area contributed by atoms with Crippen LogP contribution in [-0.2, 0) is 4.79 Å². The van der Waals surface area contributed by atoms with Crippen molar-refractivity contribution in [3.8, 4) is 0 Å². The van der Waals surface area contributed by atoms with Gasteiger partial charge in [-0.05, 0) is 31.2 Å². The largest absolute Gasteiger partial charge is 0.481 e. The third kappa shape index (κ3) is 1.78. The lowest BCUT2D eigenvalue weighted by atomic mass is 10.3. The number of hydrogen-bond donors (Lipinski definition) is 1. The Morgan fingerprint density at radius 2 is 2.08 bits per heavy atom. The maximum Gasteiger partial charge on any atom is 0.303 e. The predicted octanol–water partition coefficient (Wildman–Crippen LogP) is 0.803. The van der Waals surface area contributed by atoms with Crippen molar-refractivity contribution in [2.75, 3.05) is 19.6 Å². The highest BCUT2D eigenvalue weighted by Crippen LogP contribution is 2.44. The summed E-state index contributed by atoms with van der Waals surface area (Å²) in [6.07, 6.45) is 2.57. The molecule has 1 heterocycles. The second-order valence-electron chi connectivity index (χ2n) is 4.01. The van der Waals surface area contributed by atoms with Crippen molar-refractivity contribution in [1.29, 1.82) is 0 Å². The lowest BCUT2D eigenvalue weighted by Gasteiger charge is -2.15. The number of fused-ring (bicyclic) bond motifs is 1. The Hall–Kier alpha value is -0.570. The van der Waals surface area contributed by atoms with Crippen LogP contribution in [0.3, 0.4) is 0 Å². The molecule has 1 aliphatic carbocycles. The molecule has 0 aromatic rings. The van der Waals surface area contributed by atoms with Gasteiger partial charge in [-0.3, -0.25) is 4.79 Å². The Labute approximate surface area is 72.4 Å². The van der Waals surface area contributed by atoms with Gasteiger partial charge < -0.3 is 10.0 Å². The van der Waals surface area contributed by atoms with Gasteiger partial charge in [0, 0.05) is 19.5 Å². The quantitative estimate of drug-likeness (QED) is 0.676. The van der Waals surface area contributed by atoms with Crippen LogP contribution in [0.15, 0.2) is 0 Å². The van der Waals surface area contributed by atoms with E-state index in [0.29, 0.717) is 6.42 Å². The molecule has 0 radical (unpaired) electrons. The van der Waals surface area contributed by atoms with Crippen LogP contribution in [0.25, 0.3) is 0 Å². The first-order valence-corrected chi connectivity index (χ1v) is 4.70. The van der Waals surface area contributed by atoms with Crippen molar-refractivity contribution < 1.29 is 9.90 Å². The molecule has 1 saturated carbocycles. The van der Waals surface area contributed by atoms with E-state index < -0.39 is 5.97 Å². The molecule has 0 amide bonds. The van der Waals surface area contributed by atoms with Gasteiger partial charge in [0.15, 0.2) is 0 Å². The highest BCUT2D eigenvalue weighted by molar-refractivity contribution is 5.66. The summed E-state index contributed by atoms with van der Waals surface area (Å²) in [6, 6.07) is 0. The molecule has 3 heteroatoms. The molecule has 1 aliphatic heterocycles. The fourth-order valence-electron chi connectivity index (χ4n) is 2.13. The minimum atomic E-state index is -0.667. The van der Waals surface area contributed by atoms with Crippen molar-refractivity contribution in [2.24, 2.45) is 11.8 Å². The molecule has 1 saturated heterocycles. The highest BCUT2D eigenvalue weighted by atomic mass is 16.4. The Morgan fingerprint density at radius 1 is 1.42 bits per heavy atom. The van der Waals surface area contributed by atoms with Crippen molar-refractivity contribution in [2.45, 2.75) is 19.3 Å². The molecule has 2 aliphatic rings. The topological polar surface area (TPSA) is 40.5 Å². The predicted molar refractivity (Wildman–Crippen MR) is 44.9 cm³/mol. The number of nitrogens with zero attached hydrogens (tertiary/aromatic N) is 1. The fourth-order valence-corrected chi connectivity index (χ4v) is 2.13. The minimum Gasteiger partial charge on any atom is -0.481 e. The lowest BCUT2D eigenvalue weighted by molar-refractivity contribution is -0.137. The smallest absolute Gasteiger partial charge is 0.303 e. The molecular weight excluding hydrogens is 154 g/mol. The standard InChI is InChI=1S/C9H15NO2/c11-9(12)2-1-3-10-5-7-4-8(7)6-10/h7-8H,1-6H2,(H,11,12). The Bertz CT molecular complexity index is 183. The summed E-state index contributed by atoms with van der Waals surface area (Å²) >= 11 is 0. The van der Waals surface area contributed by atoms with Crippen LogP contribution >= 0.6 is 0 Å². The number of aliphatic carboxylic acids is 1. The van der Waals surface area contributed by atoms with Gasteiger partial charge in [-0.2, -0.15) is 0 Å². The zero-order chi connectivity index (χ0) is 8.55. The Kier molecular flexibility index (Phi) is 2.05. The average molecular weight is 169 g/mol. The number of piperidine rings is 1. The summed E-state index contributed by atoms with van der Waals surface area (Å²) in [7, 11) is 0. The SMILES string of the molecule is O=C(O)CCCN1CC2CC2C1. The van der Waals surface area contributed by atoms with E-state index in [1.807, 2.05) is 0 Å². The minimum absolute atomic E-state index is 0.325. The van der Waals surface area contributed by atoms with Crippen molar-refractivity contribution in [3.05, 3.63) is 0 Å². The monoisotopic (exact) mass is 169 g/mol. The number of carbonyl (C=O) groups is 1. The van der Waals surface area contributed by atoms with Crippen LogP contribution in [0.5, 0.6) is 0 Å². The fraction of sp³-hybridized carbons (Fsp3) is 0.889. The number of carboxylic acids is 1. The molecule has 1 N–H and O–H groups in total. The summed E-state index contributed by atoms with van der Waals surface area (Å²) in [4.78, 5) is 12.6. The Balaban J connectivity index is 1.58. The van der Waals surface area contributed by atoms with Crippen molar-refractivity contribution in [3.63, 3.8) is 0 Å². The summed E-state index contributed by atoms with van der Waals surface area (Å²) in [5.41, 5.74) is 0. The van der Waals surface area contributed by atoms with E-state index in [9.17, 15) is 4.79 Å². The first-order valence-electron chi connectivity index (χ1n) is 4.70. The Morgan fingerprint density at radius 3 is 2.67 bits per heavy atom. The van der Waals surface area contributed by atoms with E-state index in [2.05, 4.69) is 4.90 Å². The number of likely N-dealkylation sites (tertiary alicyclic amines) is 1. The van der Waals surface area contributed by atoms with E-state index in [1.54, 1.807) is 0 Å². The number of hydrogen-bond acceptors (Lipinski definition) is 2. The van der Waals surface area contributed by atoms with Gasteiger partial charge in [0.1, 0.15) is 0 Å². The second-order valence-corrected chi connectivity index (χ2v) is 4.01. The molecule has 68 valence electrons. The van der Waals surface area contributed by atoms with Crippen molar-refractivity contribution in [1.82, 2.24) is 4.90 Å². The zero-order valence-electron chi connectivity index (χ0n) is 7.20. The van der Waals surface area contributed by atoms with Crippen LogP contribution in [-0.4, -0.2) is 35.6 Å². The van der Waals surface area contributed by atoms with Crippen LogP contribution in [0.2, 0.25) is 0 Å². The highest BCUT2D eigenvalue weighted by Gasteiger charge is 2.44. The molecule has 0 bridgehead atoms. The van der Waals surface area contributed by atoms with Gasteiger partial charge in [0.25, 0.3) is 0 Å². The van der Waals surface area contributed by atoms with Gasteiger partial charge in [0.05, 0.1) is 0 Å². The van der Waals surface area contributed by atoms with Gasteiger partial charge in [-0.15, -0.1) is 0 Å². The van der Waals surface area contributed by atoms with E-state index in [-0.39, 0.29) is 0 Å². The molecule has 2 rings (SSSR count). The first kappa shape index (κ1) is 8.05. The van der Waals surface area contributed by atoms with E-state index in [0.717, 1.165) is 24.8 Å². The molecule has 0 aromatic heterocycles. The number of rotatable bonds is 4. The van der Waals surface area contributed by atoms with Gasteiger partial charge >= 0.3 is 5.97 Å². The normalized spacial score (nSPS) is 33.3. The third-order valence-corrected chi connectivity index (χ3v) is 2.92. The summed E-state index contributed by atoms with van der Waals surface area (Å²) in [5, 5.41) is 8.43. The van der Waals surface area contributed by atoms with Crippen molar-refractivity contribution >= 4 is 5.97 Å². The second kappa shape index (κ2) is 3.05. The molecule has 12 heavy (non-hydrogen) atoms. The molecule has 2 unspecified atom stereocenters. The molecule has 0 spiro atoms. The maximum absolute atomic E-state index is 10.2. The first-order chi connectivity index (χ1) is 5.75. The average Bonchev–Trinajstić information content (AvgIpc) is 2.59. The van der Waals surface area contributed by atoms with Crippen LogP contribution < -0.4 is 0 Å². The summed E-state index contributed by atoms with van der Waals surface area (Å²) < 4.78 is 0. The maximum atomic E-state index is 10.2. The molecule has 0 aromatic carbocycles. The molecule has 2 atom stereocenters. The molecule has 3 nitrogen and oxygen atoms in total. The molecule has 2 fully saturated rings. The lowest BCUT2D eigenvalue weighted by Crippen LogP contribution is -2.24. The molecular formula is C9H15NO2. The van der Waals surface area contributed by atoms with E-state index >= 15 is 0 Å². The zero-order valence-corrected chi connectivity index (χ0v) is 7.20. The van der Waals surface area contributed by atoms with E-state index in [4.69, 9.17) is 5.11 Å². The van der Waals surface area contributed by atoms with Gasteiger partial charge in [-0.25, -0.2) is 0 Å².